The van der Waals surface area contributed by atoms with E-state index in [0.29, 0.717) is 23.8 Å². The lowest BCUT2D eigenvalue weighted by atomic mass is 10.1. The van der Waals surface area contributed by atoms with Crippen molar-refractivity contribution in [3.8, 4) is 5.75 Å². The van der Waals surface area contributed by atoms with Crippen LogP contribution in [0.15, 0.2) is 53.5 Å². The van der Waals surface area contributed by atoms with E-state index in [4.69, 9.17) is 0 Å². The highest BCUT2D eigenvalue weighted by Crippen LogP contribution is 2.30. The van der Waals surface area contributed by atoms with Gasteiger partial charge in [0, 0.05) is 12.2 Å². The summed E-state index contributed by atoms with van der Waals surface area (Å²) in [5.41, 5.74) is 0.233. The molecule has 10 heteroatoms. The highest BCUT2D eigenvalue weighted by atomic mass is 127. The van der Waals surface area contributed by atoms with Gasteiger partial charge in [-0.05, 0) is 55.8 Å². The topological polar surface area (TPSA) is 85.8 Å². The summed E-state index contributed by atoms with van der Waals surface area (Å²) < 4.78 is 38.7. The van der Waals surface area contributed by atoms with Crippen molar-refractivity contribution in [3.05, 3.63) is 59.7 Å². The molecule has 0 aromatic heterocycles. The molecule has 4 N–H and O–H groups in total. The standard InChI is InChI=1S/C20H23F3N4O2.HI/c1-3-24-19(25-12-18(29)27-16-7-9-17(28)10-8-16)26-13(2)14-5-4-6-15(11-14)20(21,22)23;/h4-11,13,28H,3,12H2,1-2H3,(H,27,29)(H2,24,25,26);1H. The number of rotatable bonds is 6. The maximum absolute atomic E-state index is 12.9. The summed E-state index contributed by atoms with van der Waals surface area (Å²) >= 11 is 0. The van der Waals surface area contributed by atoms with Gasteiger partial charge in [-0.15, -0.1) is 24.0 Å². The Hall–Kier alpha value is -2.50. The Morgan fingerprint density at radius 1 is 1.17 bits per heavy atom. The van der Waals surface area contributed by atoms with Gasteiger partial charge in [-0.2, -0.15) is 13.2 Å². The molecule has 0 bridgehead atoms. The van der Waals surface area contributed by atoms with E-state index in [-0.39, 0.29) is 42.2 Å². The number of phenols is 1. The van der Waals surface area contributed by atoms with Crippen LogP contribution >= 0.6 is 24.0 Å². The number of nitrogens with zero attached hydrogens (tertiary/aromatic N) is 1. The SMILES string of the molecule is CCNC(=NCC(=O)Nc1ccc(O)cc1)NC(C)c1cccc(C(F)(F)F)c1.I. The van der Waals surface area contributed by atoms with Gasteiger partial charge in [-0.25, -0.2) is 4.99 Å². The van der Waals surface area contributed by atoms with Crippen molar-refractivity contribution in [1.29, 1.82) is 0 Å². The number of anilines is 1. The Morgan fingerprint density at radius 3 is 2.43 bits per heavy atom. The predicted molar refractivity (Wildman–Crippen MR) is 121 cm³/mol. The molecule has 0 saturated carbocycles. The Kier molecular flexibility index (Phi) is 9.90. The van der Waals surface area contributed by atoms with Gasteiger partial charge in [0.1, 0.15) is 12.3 Å². The number of phenolic OH excluding ortho intramolecular Hbond substituents is 1. The zero-order valence-electron chi connectivity index (χ0n) is 16.5. The molecule has 1 amide bonds. The van der Waals surface area contributed by atoms with E-state index < -0.39 is 17.8 Å². The van der Waals surface area contributed by atoms with Crippen molar-refractivity contribution >= 4 is 41.5 Å². The van der Waals surface area contributed by atoms with Crippen LogP contribution in [-0.2, 0) is 11.0 Å². The second kappa shape index (κ2) is 11.6. The van der Waals surface area contributed by atoms with E-state index in [2.05, 4.69) is 20.9 Å². The maximum atomic E-state index is 12.9. The Bertz CT molecular complexity index is 858. The third kappa shape index (κ3) is 8.09. The summed E-state index contributed by atoms with van der Waals surface area (Å²) in [6.45, 7) is 3.87. The maximum Gasteiger partial charge on any atom is 0.416 e. The van der Waals surface area contributed by atoms with E-state index in [1.807, 2.05) is 6.92 Å². The molecular weight excluding hydrogens is 512 g/mol. The molecule has 0 radical (unpaired) electrons. The minimum Gasteiger partial charge on any atom is -0.508 e. The third-order valence-corrected chi connectivity index (χ3v) is 3.94. The van der Waals surface area contributed by atoms with E-state index >= 15 is 0 Å². The Morgan fingerprint density at radius 2 is 1.83 bits per heavy atom. The van der Waals surface area contributed by atoms with Crippen molar-refractivity contribution < 1.29 is 23.1 Å². The van der Waals surface area contributed by atoms with Gasteiger partial charge in [0.2, 0.25) is 5.91 Å². The molecule has 164 valence electrons. The number of aromatic hydroxyl groups is 1. The van der Waals surface area contributed by atoms with Crippen LogP contribution in [0.2, 0.25) is 0 Å². The molecule has 0 aliphatic carbocycles. The van der Waals surface area contributed by atoms with E-state index in [9.17, 15) is 23.1 Å². The normalized spacial score (nSPS) is 12.5. The van der Waals surface area contributed by atoms with Crippen molar-refractivity contribution in [2.24, 2.45) is 4.99 Å². The largest absolute Gasteiger partial charge is 0.508 e. The van der Waals surface area contributed by atoms with Gasteiger partial charge in [0.25, 0.3) is 0 Å². The number of halogens is 4. The lowest BCUT2D eigenvalue weighted by molar-refractivity contribution is -0.137. The van der Waals surface area contributed by atoms with E-state index in [1.165, 1.54) is 18.2 Å². The van der Waals surface area contributed by atoms with Gasteiger partial charge in [0.15, 0.2) is 5.96 Å². The van der Waals surface area contributed by atoms with Crippen molar-refractivity contribution in [2.45, 2.75) is 26.1 Å². The Balaban J connectivity index is 0.00000450. The number of amides is 1. The number of hydrogen-bond acceptors (Lipinski definition) is 3. The van der Waals surface area contributed by atoms with Crippen LogP contribution in [0.3, 0.4) is 0 Å². The second-order valence-corrected chi connectivity index (χ2v) is 6.28. The molecule has 0 fully saturated rings. The smallest absolute Gasteiger partial charge is 0.416 e. The highest BCUT2D eigenvalue weighted by molar-refractivity contribution is 14.0. The molecular formula is C20H24F3IN4O2. The minimum absolute atomic E-state index is 0. The molecule has 0 heterocycles. The molecule has 1 unspecified atom stereocenters. The zero-order valence-corrected chi connectivity index (χ0v) is 18.8. The molecule has 6 nitrogen and oxygen atoms in total. The molecule has 0 aliphatic rings. The van der Waals surface area contributed by atoms with Gasteiger partial charge in [-0.3, -0.25) is 4.79 Å². The lowest BCUT2D eigenvalue weighted by Gasteiger charge is -2.19. The van der Waals surface area contributed by atoms with E-state index in [0.717, 1.165) is 12.1 Å². The van der Waals surface area contributed by atoms with Gasteiger partial charge < -0.3 is 21.1 Å². The first-order valence-electron chi connectivity index (χ1n) is 9.00. The van der Waals surface area contributed by atoms with Gasteiger partial charge in [0.05, 0.1) is 11.6 Å². The van der Waals surface area contributed by atoms with Crippen LogP contribution in [0.25, 0.3) is 0 Å². The molecule has 0 aliphatic heterocycles. The number of benzene rings is 2. The highest BCUT2D eigenvalue weighted by Gasteiger charge is 2.30. The molecule has 0 saturated heterocycles. The summed E-state index contributed by atoms with van der Waals surface area (Å²) in [5.74, 6) is 0.0149. The first-order chi connectivity index (χ1) is 13.7. The average molecular weight is 536 g/mol. The molecule has 1 atom stereocenters. The number of hydrogen-bond donors (Lipinski definition) is 4. The van der Waals surface area contributed by atoms with Crippen LogP contribution < -0.4 is 16.0 Å². The van der Waals surface area contributed by atoms with Gasteiger partial charge in [-0.1, -0.05) is 12.1 Å². The Labute approximate surface area is 190 Å². The fraction of sp³-hybridized carbons (Fsp3) is 0.300. The number of aliphatic imine (C=N–C) groups is 1. The lowest BCUT2D eigenvalue weighted by Crippen LogP contribution is -2.39. The van der Waals surface area contributed by atoms with Crippen LogP contribution in [0.4, 0.5) is 18.9 Å². The fourth-order valence-electron chi connectivity index (χ4n) is 2.49. The number of guanidine groups is 1. The molecule has 2 aromatic carbocycles. The van der Waals surface area contributed by atoms with Crippen molar-refractivity contribution in [3.63, 3.8) is 0 Å². The van der Waals surface area contributed by atoms with Crippen LogP contribution in [-0.4, -0.2) is 30.1 Å². The summed E-state index contributed by atoms with van der Waals surface area (Å²) in [5, 5.41) is 17.8. The monoisotopic (exact) mass is 536 g/mol. The number of carbonyl (C=O) groups excluding carboxylic acids is 1. The van der Waals surface area contributed by atoms with Crippen LogP contribution in [0.1, 0.15) is 31.0 Å². The summed E-state index contributed by atoms with van der Waals surface area (Å²) in [6, 6.07) is 10.6. The first-order valence-corrected chi connectivity index (χ1v) is 9.00. The van der Waals surface area contributed by atoms with Crippen molar-refractivity contribution in [1.82, 2.24) is 10.6 Å². The number of nitrogens with one attached hydrogen (secondary N) is 3. The second-order valence-electron chi connectivity index (χ2n) is 6.28. The van der Waals surface area contributed by atoms with Crippen LogP contribution in [0, 0.1) is 0 Å². The molecule has 0 spiro atoms. The summed E-state index contributed by atoms with van der Waals surface area (Å²) in [6.07, 6.45) is -4.42. The third-order valence-electron chi connectivity index (χ3n) is 3.94. The quantitative estimate of drug-likeness (QED) is 0.192. The van der Waals surface area contributed by atoms with Gasteiger partial charge >= 0.3 is 6.18 Å². The molecule has 2 rings (SSSR count). The number of carbonyl (C=O) groups is 1. The van der Waals surface area contributed by atoms with Crippen molar-refractivity contribution in [2.75, 3.05) is 18.4 Å². The first kappa shape index (κ1) is 25.5. The summed E-state index contributed by atoms with van der Waals surface area (Å²) in [7, 11) is 0. The van der Waals surface area contributed by atoms with Crippen LogP contribution in [0.5, 0.6) is 5.75 Å². The zero-order chi connectivity index (χ0) is 21.4. The average Bonchev–Trinajstić information content (AvgIpc) is 2.67. The minimum atomic E-state index is -4.42. The molecule has 2 aromatic rings. The van der Waals surface area contributed by atoms with E-state index in [1.54, 1.807) is 25.1 Å². The molecule has 30 heavy (non-hydrogen) atoms. The fourth-order valence-corrected chi connectivity index (χ4v) is 2.49. The number of alkyl halides is 3. The predicted octanol–water partition coefficient (Wildman–Crippen LogP) is 4.28. The summed E-state index contributed by atoms with van der Waals surface area (Å²) in [4.78, 5) is 16.2.